The van der Waals surface area contributed by atoms with Gasteiger partial charge in [0.1, 0.15) is 5.82 Å². The second-order valence-corrected chi connectivity index (χ2v) is 5.83. The summed E-state index contributed by atoms with van der Waals surface area (Å²) >= 11 is 0. The third kappa shape index (κ3) is 4.17. The van der Waals surface area contributed by atoms with Crippen molar-refractivity contribution in [2.75, 3.05) is 31.6 Å². The highest BCUT2D eigenvalue weighted by Crippen LogP contribution is 2.29. The van der Waals surface area contributed by atoms with Crippen LogP contribution in [0.15, 0.2) is 18.2 Å². The summed E-state index contributed by atoms with van der Waals surface area (Å²) in [7, 11) is 1.96. The molecule has 0 bridgehead atoms. The number of rotatable bonds is 6. The number of ether oxygens (including phenoxy) is 1. The molecule has 1 fully saturated rings. The van der Waals surface area contributed by atoms with Crippen molar-refractivity contribution in [1.29, 1.82) is 0 Å². The van der Waals surface area contributed by atoms with Crippen LogP contribution in [0.4, 0.5) is 10.1 Å². The van der Waals surface area contributed by atoms with Crippen molar-refractivity contribution in [2.24, 2.45) is 0 Å². The van der Waals surface area contributed by atoms with Gasteiger partial charge in [0.15, 0.2) is 0 Å². The quantitative estimate of drug-likeness (QED) is 0.869. The van der Waals surface area contributed by atoms with Crippen LogP contribution in [0.1, 0.15) is 44.7 Å². The first-order chi connectivity index (χ1) is 10.1. The molecule has 1 aromatic rings. The van der Waals surface area contributed by atoms with Gasteiger partial charge >= 0.3 is 0 Å². The van der Waals surface area contributed by atoms with Crippen molar-refractivity contribution >= 4 is 5.69 Å². The molecule has 1 aliphatic rings. The summed E-state index contributed by atoms with van der Waals surface area (Å²) < 4.78 is 20.1. The molecule has 1 aliphatic heterocycles. The third-order valence-electron chi connectivity index (χ3n) is 4.13. The number of hydrogen-bond donors (Lipinski definition) is 1. The van der Waals surface area contributed by atoms with Crippen LogP contribution in [0.2, 0.25) is 0 Å². The van der Waals surface area contributed by atoms with Gasteiger partial charge in [-0.2, -0.15) is 0 Å². The minimum atomic E-state index is -0.157. The van der Waals surface area contributed by atoms with Crippen LogP contribution in [-0.2, 0) is 4.74 Å². The molecule has 0 saturated carbocycles. The maximum atomic E-state index is 14.3. The standard InChI is InChI=1S/C17H27FN2O/c1-4-19-13(2)15-9-7-10-16(18)17(15)20(3)12-14-8-5-6-11-21-14/h7,9-10,13-14,19H,4-6,8,11-12H2,1-3H3. The van der Waals surface area contributed by atoms with Crippen LogP contribution in [-0.4, -0.2) is 32.8 Å². The van der Waals surface area contributed by atoms with Crippen LogP contribution < -0.4 is 10.2 Å². The summed E-state index contributed by atoms with van der Waals surface area (Å²) in [4.78, 5) is 2.01. The molecule has 21 heavy (non-hydrogen) atoms. The van der Waals surface area contributed by atoms with Gasteiger partial charge in [0.05, 0.1) is 11.8 Å². The minimum absolute atomic E-state index is 0.135. The maximum absolute atomic E-state index is 14.3. The van der Waals surface area contributed by atoms with E-state index in [1.807, 2.05) is 18.0 Å². The summed E-state index contributed by atoms with van der Waals surface area (Å²) in [5, 5.41) is 3.36. The number of anilines is 1. The Morgan fingerprint density at radius 3 is 2.90 bits per heavy atom. The van der Waals surface area contributed by atoms with E-state index in [9.17, 15) is 4.39 Å². The fourth-order valence-corrected chi connectivity index (χ4v) is 3.05. The lowest BCUT2D eigenvalue weighted by Gasteiger charge is -2.31. The number of nitrogens with one attached hydrogen (secondary N) is 1. The topological polar surface area (TPSA) is 24.5 Å². The molecule has 4 heteroatoms. The second kappa shape index (κ2) is 7.76. The van der Waals surface area contributed by atoms with Crippen molar-refractivity contribution in [3.05, 3.63) is 29.6 Å². The van der Waals surface area contributed by atoms with Crippen LogP contribution in [0.25, 0.3) is 0 Å². The van der Waals surface area contributed by atoms with Crippen molar-refractivity contribution in [1.82, 2.24) is 5.32 Å². The highest BCUT2D eigenvalue weighted by Gasteiger charge is 2.21. The van der Waals surface area contributed by atoms with Gasteiger partial charge in [-0.05, 0) is 44.4 Å². The molecule has 1 heterocycles. The SMILES string of the molecule is CCNC(C)c1cccc(F)c1N(C)CC1CCCCO1. The Labute approximate surface area is 127 Å². The monoisotopic (exact) mass is 294 g/mol. The van der Waals surface area contributed by atoms with Gasteiger partial charge in [0, 0.05) is 26.2 Å². The Kier molecular flexibility index (Phi) is 6.00. The molecule has 118 valence electrons. The molecule has 3 nitrogen and oxygen atoms in total. The Bertz CT molecular complexity index is 446. The summed E-state index contributed by atoms with van der Waals surface area (Å²) in [6.45, 7) is 6.58. The van der Waals surface area contributed by atoms with E-state index in [0.29, 0.717) is 5.69 Å². The Balaban J connectivity index is 2.16. The lowest BCUT2D eigenvalue weighted by molar-refractivity contribution is 0.0215. The molecule has 0 spiro atoms. The Hall–Kier alpha value is -1.13. The molecule has 2 rings (SSSR count). The van der Waals surface area contributed by atoms with Gasteiger partial charge in [-0.25, -0.2) is 4.39 Å². The molecule has 2 unspecified atom stereocenters. The Morgan fingerprint density at radius 1 is 1.43 bits per heavy atom. The first-order valence-corrected chi connectivity index (χ1v) is 7.98. The number of hydrogen-bond acceptors (Lipinski definition) is 3. The Morgan fingerprint density at radius 2 is 2.24 bits per heavy atom. The van der Waals surface area contributed by atoms with Crippen molar-refractivity contribution in [3.63, 3.8) is 0 Å². The summed E-state index contributed by atoms with van der Waals surface area (Å²) in [5.74, 6) is -0.157. The molecular formula is C17H27FN2O. The zero-order valence-electron chi connectivity index (χ0n) is 13.4. The summed E-state index contributed by atoms with van der Waals surface area (Å²) in [6.07, 6.45) is 3.63. The van der Waals surface area contributed by atoms with Crippen molar-refractivity contribution < 1.29 is 9.13 Å². The van der Waals surface area contributed by atoms with E-state index in [2.05, 4.69) is 19.2 Å². The van der Waals surface area contributed by atoms with E-state index >= 15 is 0 Å². The van der Waals surface area contributed by atoms with Crippen LogP contribution in [0, 0.1) is 5.82 Å². The fraction of sp³-hybridized carbons (Fsp3) is 0.647. The molecule has 1 saturated heterocycles. The summed E-state index contributed by atoms with van der Waals surface area (Å²) in [6, 6.07) is 5.46. The van der Waals surface area contributed by atoms with Crippen LogP contribution in [0.3, 0.4) is 0 Å². The number of halogens is 1. The van der Waals surface area contributed by atoms with E-state index in [0.717, 1.165) is 38.1 Å². The molecule has 0 aromatic heterocycles. The lowest BCUT2D eigenvalue weighted by atomic mass is 10.0. The number of nitrogens with zero attached hydrogens (tertiary/aromatic N) is 1. The van der Waals surface area contributed by atoms with Gasteiger partial charge in [-0.1, -0.05) is 19.1 Å². The van der Waals surface area contributed by atoms with Crippen molar-refractivity contribution in [3.8, 4) is 0 Å². The van der Waals surface area contributed by atoms with Crippen LogP contribution >= 0.6 is 0 Å². The number of para-hydroxylation sites is 1. The van der Waals surface area contributed by atoms with E-state index in [1.165, 1.54) is 12.5 Å². The normalized spacial score (nSPS) is 20.3. The van der Waals surface area contributed by atoms with E-state index < -0.39 is 0 Å². The molecule has 2 atom stereocenters. The second-order valence-electron chi connectivity index (χ2n) is 5.83. The predicted octanol–water partition coefficient (Wildman–Crippen LogP) is 3.50. The minimum Gasteiger partial charge on any atom is -0.376 e. The highest BCUT2D eigenvalue weighted by molar-refractivity contribution is 5.55. The van der Waals surface area contributed by atoms with E-state index in [1.54, 1.807) is 6.07 Å². The predicted molar refractivity (Wildman–Crippen MR) is 85.4 cm³/mol. The smallest absolute Gasteiger partial charge is 0.146 e. The highest BCUT2D eigenvalue weighted by atomic mass is 19.1. The molecular weight excluding hydrogens is 267 g/mol. The van der Waals surface area contributed by atoms with Gasteiger partial charge in [-0.3, -0.25) is 0 Å². The first-order valence-electron chi connectivity index (χ1n) is 7.98. The van der Waals surface area contributed by atoms with Crippen LogP contribution in [0.5, 0.6) is 0 Å². The number of benzene rings is 1. The molecule has 1 N–H and O–H groups in total. The average Bonchev–Trinajstić information content (AvgIpc) is 2.48. The largest absolute Gasteiger partial charge is 0.376 e. The zero-order valence-corrected chi connectivity index (χ0v) is 13.4. The number of likely N-dealkylation sites (N-methyl/N-ethyl adjacent to an activating group) is 1. The average molecular weight is 294 g/mol. The van der Waals surface area contributed by atoms with Gasteiger partial charge in [0.2, 0.25) is 0 Å². The van der Waals surface area contributed by atoms with Gasteiger partial charge in [0.25, 0.3) is 0 Å². The van der Waals surface area contributed by atoms with E-state index in [-0.39, 0.29) is 18.0 Å². The lowest BCUT2D eigenvalue weighted by Crippen LogP contribution is -2.35. The van der Waals surface area contributed by atoms with E-state index in [4.69, 9.17) is 4.74 Å². The fourth-order valence-electron chi connectivity index (χ4n) is 3.05. The third-order valence-corrected chi connectivity index (χ3v) is 4.13. The molecule has 0 amide bonds. The summed E-state index contributed by atoms with van der Waals surface area (Å²) in [5.41, 5.74) is 1.70. The molecule has 0 radical (unpaired) electrons. The maximum Gasteiger partial charge on any atom is 0.146 e. The first kappa shape index (κ1) is 16.2. The van der Waals surface area contributed by atoms with Gasteiger partial charge in [-0.15, -0.1) is 0 Å². The molecule has 1 aromatic carbocycles. The van der Waals surface area contributed by atoms with Gasteiger partial charge < -0.3 is 15.0 Å². The van der Waals surface area contributed by atoms with Crippen molar-refractivity contribution in [2.45, 2.75) is 45.3 Å². The zero-order chi connectivity index (χ0) is 15.2. The molecule has 0 aliphatic carbocycles.